The van der Waals surface area contributed by atoms with Crippen molar-refractivity contribution in [1.29, 1.82) is 0 Å². The fraction of sp³-hybridized carbons (Fsp3) is 0.667. The number of rotatable bonds is 6. The molecule has 5 nitrogen and oxygen atoms in total. The molecule has 1 aliphatic heterocycles. The van der Waals surface area contributed by atoms with Gasteiger partial charge in [-0.1, -0.05) is 40.7 Å². The molecule has 0 aliphatic carbocycles. The Labute approximate surface area is 178 Å². The molecule has 0 aromatic carbocycles. The zero-order chi connectivity index (χ0) is 21.5. The van der Waals surface area contributed by atoms with Gasteiger partial charge in [0.1, 0.15) is 0 Å². The average Bonchev–Trinajstić information content (AvgIpc) is 2.57. The second-order valence-electron chi connectivity index (χ2n) is 9.57. The van der Waals surface area contributed by atoms with Crippen LogP contribution in [0.4, 0.5) is 0 Å². The molecule has 0 radical (unpaired) electrons. The van der Waals surface area contributed by atoms with Crippen molar-refractivity contribution in [3.8, 4) is 5.75 Å². The summed E-state index contributed by atoms with van der Waals surface area (Å²) in [5.74, 6) is 0.341. The topological polar surface area (TPSA) is 49.7 Å². The molecule has 158 valence electrons. The maximum atomic E-state index is 12.8. The van der Waals surface area contributed by atoms with Gasteiger partial charge in [-0.05, 0) is 34.1 Å². The van der Waals surface area contributed by atoms with Gasteiger partial charge >= 0.3 is 0 Å². The number of aromatic nitrogens is 1. The zero-order valence-corrected chi connectivity index (χ0v) is 21.0. The third-order valence-electron chi connectivity index (χ3n) is 6.19. The molecule has 0 saturated carbocycles. The number of ether oxygens (including phenoxy) is 2. The molecule has 0 N–H and O–H groups in total. The van der Waals surface area contributed by atoms with E-state index < -0.39 is 8.32 Å². The first kappa shape index (κ1) is 23.4. The zero-order valence-electron chi connectivity index (χ0n) is 18.4. The van der Waals surface area contributed by atoms with E-state index in [0.717, 1.165) is 5.69 Å². The van der Waals surface area contributed by atoms with E-state index in [1.165, 1.54) is 0 Å². The van der Waals surface area contributed by atoms with Gasteiger partial charge in [0.05, 0.1) is 36.1 Å². The van der Waals surface area contributed by atoms with Crippen LogP contribution in [0.2, 0.25) is 18.1 Å². The molecule has 0 spiro atoms. The largest absolute Gasteiger partial charge is 0.491 e. The minimum absolute atomic E-state index is 0.0335. The Kier molecular flexibility index (Phi) is 6.76. The highest BCUT2D eigenvalue weighted by Gasteiger charge is 2.51. The Balaban J connectivity index is 2.70. The second-order valence-corrected chi connectivity index (χ2v) is 15.2. The number of hydrogen-bond donors (Lipinski definition) is 0. The highest BCUT2D eigenvalue weighted by atomic mass is 79.9. The quantitative estimate of drug-likeness (QED) is 0.417. The van der Waals surface area contributed by atoms with Crippen LogP contribution in [0, 0.1) is 5.41 Å². The highest BCUT2D eigenvalue weighted by molar-refractivity contribution is 9.10. The molecule has 2 unspecified atom stereocenters. The fourth-order valence-corrected chi connectivity index (χ4v) is 5.09. The predicted molar refractivity (Wildman–Crippen MR) is 120 cm³/mol. The first-order valence-corrected chi connectivity index (χ1v) is 13.3. The number of methoxy groups -OCH3 is 1. The molecule has 1 aliphatic rings. The minimum Gasteiger partial charge on any atom is -0.491 e. The Bertz CT molecular complexity index is 795. The van der Waals surface area contributed by atoms with Gasteiger partial charge < -0.3 is 18.5 Å². The van der Waals surface area contributed by atoms with Gasteiger partial charge in [0.25, 0.3) is 0 Å². The lowest BCUT2D eigenvalue weighted by Crippen LogP contribution is -2.52. The summed E-state index contributed by atoms with van der Waals surface area (Å²) in [7, 11) is -0.593. The third kappa shape index (κ3) is 4.18. The monoisotopic (exact) mass is 471 g/mol. The van der Waals surface area contributed by atoms with E-state index in [1.807, 2.05) is 10.8 Å². The van der Waals surface area contributed by atoms with Gasteiger partial charge in [-0.25, -0.2) is 0 Å². The van der Waals surface area contributed by atoms with Gasteiger partial charge in [-0.15, -0.1) is 6.58 Å². The van der Waals surface area contributed by atoms with Crippen molar-refractivity contribution < 1.29 is 13.9 Å². The lowest BCUT2D eigenvalue weighted by molar-refractivity contribution is -0.101. The van der Waals surface area contributed by atoms with Gasteiger partial charge in [0, 0.05) is 18.2 Å². The van der Waals surface area contributed by atoms with E-state index in [2.05, 4.69) is 70.2 Å². The molecule has 2 rings (SSSR count). The van der Waals surface area contributed by atoms with Crippen molar-refractivity contribution in [2.75, 3.05) is 13.7 Å². The summed E-state index contributed by atoms with van der Waals surface area (Å²) in [6.07, 6.45) is 3.17. The van der Waals surface area contributed by atoms with Crippen LogP contribution < -0.4 is 10.2 Å². The standard InChI is InChI=1S/C21H34BrNO4Si/c1-10-11-26-15-13-23-12-14(22)17(24)18(25-7)16(23)19(21(15,5)6)27-28(8,9)20(2,3)4/h10,12,15,19H,1,11,13H2,2-9H3. The van der Waals surface area contributed by atoms with Gasteiger partial charge in [-0.3, -0.25) is 4.79 Å². The van der Waals surface area contributed by atoms with Crippen molar-refractivity contribution in [3.63, 3.8) is 0 Å². The normalized spacial score (nSPS) is 21.9. The molecule has 0 bridgehead atoms. The van der Waals surface area contributed by atoms with Crippen molar-refractivity contribution >= 4 is 24.2 Å². The molecular formula is C21H34BrNO4Si. The van der Waals surface area contributed by atoms with Crippen LogP contribution in [0.3, 0.4) is 0 Å². The van der Waals surface area contributed by atoms with Crippen LogP contribution in [0.1, 0.15) is 46.4 Å². The number of hydrogen-bond acceptors (Lipinski definition) is 4. The summed E-state index contributed by atoms with van der Waals surface area (Å²) in [4.78, 5) is 12.8. The summed E-state index contributed by atoms with van der Waals surface area (Å²) in [6, 6.07) is 0. The van der Waals surface area contributed by atoms with Gasteiger partial charge in [0.15, 0.2) is 14.1 Å². The smallest absolute Gasteiger partial charge is 0.237 e. The fourth-order valence-electron chi connectivity index (χ4n) is 3.30. The lowest BCUT2D eigenvalue weighted by atomic mass is 9.76. The van der Waals surface area contributed by atoms with Crippen LogP contribution >= 0.6 is 15.9 Å². The first-order valence-electron chi connectivity index (χ1n) is 9.65. The van der Waals surface area contributed by atoms with E-state index in [0.29, 0.717) is 23.4 Å². The maximum Gasteiger partial charge on any atom is 0.237 e. The predicted octanol–water partition coefficient (Wildman–Crippen LogP) is 5.29. The van der Waals surface area contributed by atoms with Crippen LogP contribution in [-0.4, -0.2) is 32.7 Å². The van der Waals surface area contributed by atoms with E-state index in [4.69, 9.17) is 13.9 Å². The van der Waals surface area contributed by atoms with Crippen molar-refractivity contribution in [3.05, 3.63) is 39.2 Å². The van der Waals surface area contributed by atoms with Crippen molar-refractivity contribution in [2.24, 2.45) is 5.41 Å². The average molecular weight is 472 g/mol. The molecule has 1 aromatic heterocycles. The second kappa shape index (κ2) is 8.09. The number of pyridine rings is 1. The van der Waals surface area contributed by atoms with E-state index in [1.54, 1.807) is 13.2 Å². The Hall–Kier alpha value is -0.893. The van der Waals surface area contributed by atoms with Crippen molar-refractivity contribution in [2.45, 2.75) is 71.5 Å². The van der Waals surface area contributed by atoms with E-state index in [-0.39, 0.29) is 28.1 Å². The summed E-state index contributed by atoms with van der Waals surface area (Å²) < 4.78 is 21.1. The third-order valence-corrected chi connectivity index (χ3v) is 11.2. The molecule has 2 heterocycles. The van der Waals surface area contributed by atoms with Crippen molar-refractivity contribution in [1.82, 2.24) is 4.57 Å². The maximum absolute atomic E-state index is 12.8. The van der Waals surface area contributed by atoms with Crippen LogP contribution in [-0.2, 0) is 15.7 Å². The number of fused-ring (bicyclic) bond motifs is 1. The molecule has 1 aromatic rings. The molecule has 0 fully saturated rings. The summed E-state index contributed by atoms with van der Waals surface area (Å²) >= 11 is 3.38. The van der Waals surface area contributed by atoms with Crippen LogP contribution in [0.25, 0.3) is 0 Å². The van der Waals surface area contributed by atoms with Gasteiger partial charge in [-0.2, -0.15) is 0 Å². The molecule has 7 heteroatoms. The number of nitrogens with zero attached hydrogens (tertiary/aromatic N) is 1. The van der Waals surface area contributed by atoms with Crippen LogP contribution in [0.15, 0.2) is 28.1 Å². The first-order chi connectivity index (χ1) is 12.8. The Morgan fingerprint density at radius 3 is 2.50 bits per heavy atom. The SMILES string of the molecule is C=CCOC1Cn2cc(Br)c(=O)c(OC)c2C(O[Si](C)(C)C(C)(C)C)C1(C)C. The lowest BCUT2D eigenvalue weighted by Gasteiger charge is -2.50. The van der Waals surface area contributed by atoms with Crippen LogP contribution in [0.5, 0.6) is 5.75 Å². The van der Waals surface area contributed by atoms with E-state index in [9.17, 15) is 4.79 Å². The molecule has 0 amide bonds. The molecule has 28 heavy (non-hydrogen) atoms. The van der Waals surface area contributed by atoms with Gasteiger partial charge in [0.2, 0.25) is 5.43 Å². The molecule has 2 atom stereocenters. The molecule has 0 saturated heterocycles. The Morgan fingerprint density at radius 1 is 1.39 bits per heavy atom. The number of halogens is 1. The summed E-state index contributed by atoms with van der Waals surface area (Å²) in [5, 5.41) is 0.0335. The molecular weight excluding hydrogens is 438 g/mol. The summed E-state index contributed by atoms with van der Waals surface area (Å²) in [6.45, 7) is 20.2. The summed E-state index contributed by atoms with van der Waals surface area (Å²) in [5.41, 5.74) is 0.286. The van der Waals surface area contributed by atoms with E-state index >= 15 is 0 Å². The Morgan fingerprint density at radius 2 is 2.00 bits per heavy atom. The minimum atomic E-state index is -2.14. The highest BCUT2D eigenvalue weighted by Crippen LogP contribution is 2.51.